The van der Waals surface area contributed by atoms with E-state index in [2.05, 4.69) is 15.6 Å². The van der Waals surface area contributed by atoms with E-state index in [0.29, 0.717) is 23.3 Å². The Labute approximate surface area is 180 Å². The van der Waals surface area contributed by atoms with Gasteiger partial charge in [0.1, 0.15) is 5.82 Å². The molecule has 4 aromatic rings. The molecule has 4 rings (SSSR count). The zero-order valence-corrected chi connectivity index (χ0v) is 17.6. The molecular weight excluding hydrogens is 388 g/mol. The molecule has 0 aliphatic rings. The maximum Gasteiger partial charge on any atom is 0.220 e. The summed E-state index contributed by atoms with van der Waals surface area (Å²) in [5.74, 6) is 0.583. The van der Waals surface area contributed by atoms with Gasteiger partial charge < -0.3 is 10.6 Å². The van der Waals surface area contributed by atoms with Crippen LogP contribution in [-0.2, 0) is 11.2 Å². The highest BCUT2D eigenvalue weighted by Crippen LogP contribution is 2.27. The number of aromatic nitrogens is 2. The van der Waals surface area contributed by atoms with Gasteiger partial charge in [0, 0.05) is 36.6 Å². The molecule has 0 aliphatic heterocycles. The highest BCUT2D eigenvalue weighted by molar-refractivity contribution is 5.87. The number of amides is 1. The lowest BCUT2D eigenvalue weighted by atomic mass is 10.1. The zero-order chi connectivity index (χ0) is 21.8. The normalized spacial score (nSPS) is 10.8. The largest absolute Gasteiger partial charge is 0.359 e. The van der Waals surface area contributed by atoms with Gasteiger partial charge in [-0.3, -0.25) is 19.1 Å². The summed E-state index contributed by atoms with van der Waals surface area (Å²) in [6, 6.07) is 23.2. The summed E-state index contributed by atoms with van der Waals surface area (Å²) in [4.78, 5) is 29.6. The number of aryl methyl sites for hydroxylation is 2. The molecular formula is C25H24N4O2. The van der Waals surface area contributed by atoms with Crippen LogP contribution >= 0.6 is 0 Å². The fourth-order valence-corrected chi connectivity index (χ4v) is 3.71. The van der Waals surface area contributed by atoms with Crippen LogP contribution in [0.15, 0.2) is 77.6 Å². The summed E-state index contributed by atoms with van der Waals surface area (Å²) in [6.45, 7) is 1.90. The number of carbonyl (C=O) groups is 1. The average molecular weight is 412 g/mol. The fourth-order valence-electron chi connectivity index (χ4n) is 3.71. The second kappa shape index (κ2) is 8.83. The number of para-hydroxylation sites is 2. The number of benzene rings is 2. The van der Waals surface area contributed by atoms with Gasteiger partial charge in [-0.15, -0.1) is 0 Å². The van der Waals surface area contributed by atoms with Crippen LogP contribution < -0.4 is 16.1 Å². The number of anilines is 2. The third kappa shape index (κ3) is 4.33. The van der Waals surface area contributed by atoms with Crippen LogP contribution in [0, 0.1) is 6.92 Å². The Morgan fingerprint density at radius 2 is 1.68 bits per heavy atom. The van der Waals surface area contributed by atoms with E-state index in [1.54, 1.807) is 13.1 Å². The smallest absolute Gasteiger partial charge is 0.220 e. The summed E-state index contributed by atoms with van der Waals surface area (Å²) >= 11 is 0. The van der Waals surface area contributed by atoms with Crippen molar-refractivity contribution < 1.29 is 4.79 Å². The lowest BCUT2D eigenvalue weighted by molar-refractivity contribution is -0.120. The maximum atomic E-state index is 13.2. The summed E-state index contributed by atoms with van der Waals surface area (Å²) in [7, 11) is 1.61. The van der Waals surface area contributed by atoms with Crippen molar-refractivity contribution in [3.63, 3.8) is 0 Å². The van der Waals surface area contributed by atoms with Gasteiger partial charge in [-0.05, 0) is 43.7 Å². The summed E-state index contributed by atoms with van der Waals surface area (Å²) in [6.07, 6.45) is 0.671. The molecule has 2 N–H and O–H groups in total. The summed E-state index contributed by atoms with van der Waals surface area (Å²) in [5.41, 5.74) is 3.88. The second-order valence-electron chi connectivity index (χ2n) is 7.33. The Morgan fingerprint density at radius 1 is 1.00 bits per heavy atom. The molecule has 2 aromatic carbocycles. The van der Waals surface area contributed by atoms with Crippen molar-refractivity contribution in [2.45, 2.75) is 19.8 Å². The predicted molar refractivity (Wildman–Crippen MR) is 124 cm³/mol. The molecule has 2 heterocycles. The standard InChI is InChI=1S/C25H24N4O2/c1-17-15-21-25(20(27-17)13-14-24(31)26-2)22(30)16-23(28-18-9-5-3-6-10-18)29(21)19-11-7-4-8-12-19/h3-12,15-16,28H,13-14H2,1-2H3,(H,26,31). The van der Waals surface area contributed by atoms with Crippen molar-refractivity contribution >= 4 is 28.3 Å². The first-order valence-electron chi connectivity index (χ1n) is 10.2. The molecule has 0 spiro atoms. The van der Waals surface area contributed by atoms with Crippen LogP contribution in [0.25, 0.3) is 16.6 Å². The van der Waals surface area contributed by atoms with E-state index in [9.17, 15) is 9.59 Å². The molecule has 2 aromatic heterocycles. The van der Waals surface area contributed by atoms with Gasteiger partial charge in [-0.2, -0.15) is 0 Å². The molecule has 0 fully saturated rings. The predicted octanol–water partition coefficient (Wildman–Crippen LogP) is 4.12. The summed E-state index contributed by atoms with van der Waals surface area (Å²) in [5, 5.41) is 6.55. The molecule has 0 atom stereocenters. The molecule has 0 bridgehead atoms. The quantitative estimate of drug-likeness (QED) is 0.500. The molecule has 0 aliphatic carbocycles. The van der Waals surface area contributed by atoms with E-state index in [4.69, 9.17) is 0 Å². The summed E-state index contributed by atoms with van der Waals surface area (Å²) < 4.78 is 2.03. The van der Waals surface area contributed by atoms with Gasteiger partial charge in [0.2, 0.25) is 5.91 Å². The molecule has 31 heavy (non-hydrogen) atoms. The van der Waals surface area contributed by atoms with Gasteiger partial charge in [-0.1, -0.05) is 36.4 Å². The Bertz CT molecular complexity index is 1280. The number of nitrogens with one attached hydrogen (secondary N) is 2. The van der Waals surface area contributed by atoms with Gasteiger partial charge in [0.15, 0.2) is 5.43 Å². The number of rotatable bonds is 6. The minimum Gasteiger partial charge on any atom is -0.359 e. The van der Waals surface area contributed by atoms with Crippen LogP contribution in [0.1, 0.15) is 17.8 Å². The van der Waals surface area contributed by atoms with Crippen molar-refractivity contribution in [2.24, 2.45) is 0 Å². The van der Waals surface area contributed by atoms with Crippen LogP contribution in [0.5, 0.6) is 0 Å². The Balaban J connectivity index is 1.96. The van der Waals surface area contributed by atoms with E-state index in [1.807, 2.05) is 78.2 Å². The second-order valence-corrected chi connectivity index (χ2v) is 7.33. The van der Waals surface area contributed by atoms with E-state index in [-0.39, 0.29) is 17.8 Å². The molecule has 0 unspecified atom stereocenters. The molecule has 6 nitrogen and oxygen atoms in total. The first-order chi connectivity index (χ1) is 15.1. The average Bonchev–Trinajstić information content (AvgIpc) is 2.78. The van der Waals surface area contributed by atoms with Crippen LogP contribution in [-0.4, -0.2) is 22.5 Å². The van der Waals surface area contributed by atoms with Crippen LogP contribution in [0.4, 0.5) is 11.5 Å². The zero-order valence-electron chi connectivity index (χ0n) is 17.6. The van der Waals surface area contributed by atoms with Crippen molar-refractivity contribution in [1.29, 1.82) is 0 Å². The molecule has 6 heteroatoms. The first kappa shape index (κ1) is 20.3. The number of carbonyl (C=O) groups excluding carboxylic acids is 1. The van der Waals surface area contributed by atoms with E-state index < -0.39 is 0 Å². The van der Waals surface area contributed by atoms with Crippen molar-refractivity contribution in [2.75, 3.05) is 12.4 Å². The minimum atomic E-state index is -0.125. The molecule has 1 amide bonds. The highest BCUT2D eigenvalue weighted by atomic mass is 16.1. The maximum absolute atomic E-state index is 13.2. The van der Waals surface area contributed by atoms with Crippen LogP contribution in [0.2, 0.25) is 0 Å². The molecule has 0 radical (unpaired) electrons. The number of nitrogens with zero attached hydrogens (tertiary/aromatic N) is 2. The van der Waals surface area contributed by atoms with Crippen molar-refractivity contribution in [3.05, 3.63) is 94.4 Å². The van der Waals surface area contributed by atoms with E-state index >= 15 is 0 Å². The van der Waals surface area contributed by atoms with Crippen molar-refractivity contribution in [1.82, 2.24) is 14.9 Å². The highest BCUT2D eigenvalue weighted by Gasteiger charge is 2.16. The molecule has 0 saturated heterocycles. The molecule has 156 valence electrons. The monoisotopic (exact) mass is 412 g/mol. The number of fused-ring (bicyclic) bond motifs is 1. The SMILES string of the molecule is CNC(=O)CCc1nc(C)cc2c1c(=O)cc(Nc1ccccc1)n2-c1ccccc1. The third-order valence-electron chi connectivity index (χ3n) is 5.13. The molecule has 0 saturated carbocycles. The van der Waals surface area contributed by atoms with Crippen LogP contribution in [0.3, 0.4) is 0 Å². The third-order valence-corrected chi connectivity index (χ3v) is 5.13. The van der Waals surface area contributed by atoms with Gasteiger partial charge in [-0.25, -0.2) is 0 Å². The van der Waals surface area contributed by atoms with Gasteiger partial charge >= 0.3 is 0 Å². The number of hydrogen-bond donors (Lipinski definition) is 2. The van der Waals surface area contributed by atoms with Crippen molar-refractivity contribution in [3.8, 4) is 5.69 Å². The van der Waals surface area contributed by atoms with E-state index in [0.717, 1.165) is 22.6 Å². The number of pyridine rings is 2. The fraction of sp³-hybridized carbons (Fsp3) is 0.160. The topological polar surface area (TPSA) is 76.0 Å². The Morgan fingerprint density at radius 3 is 2.35 bits per heavy atom. The Hall–Kier alpha value is -3.93. The lowest BCUT2D eigenvalue weighted by Gasteiger charge is -2.20. The minimum absolute atomic E-state index is 0.0813. The lowest BCUT2D eigenvalue weighted by Crippen LogP contribution is -2.19. The van der Waals surface area contributed by atoms with Gasteiger partial charge in [0.25, 0.3) is 0 Å². The Kier molecular flexibility index (Phi) is 5.80. The number of hydrogen-bond acceptors (Lipinski definition) is 4. The first-order valence-corrected chi connectivity index (χ1v) is 10.2. The van der Waals surface area contributed by atoms with Gasteiger partial charge in [0.05, 0.1) is 16.6 Å². The van der Waals surface area contributed by atoms with E-state index in [1.165, 1.54) is 0 Å².